The van der Waals surface area contributed by atoms with Crippen LogP contribution in [0.3, 0.4) is 0 Å². The Kier molecular flexibility index (Phi) is 3.42. The summed E-state index contributed by atoms with van der Waals surface area (Å²) in [5, 5.41) is 2.55. The number of anilines is 1. The van der Waals surface area contributed by atoms with Gasteiger partial charge in [0.15, 0.2) is 0 Å². The van der Waals surface area contributed by atoms with E-state index >= 15 is 0 Å². The number of ether oxygens (including phenoxy) is 1. The Hall–Kier alpha value is -2.11. The molecule has 1 aromatic rings. The lowest BCUT2D eigenvalue weighted by Crippen LogP contribution is -2.42. The second-order valence-corrected chi connectivity index (χ2v) is 4.58. The van der Waals surface area contributed by atoms with E-state index in [0.717, 1.165) is 0 Å². The number of methoxy groups -OCH3 is 1. The van der Waals surface area contributed by atoms with Crippen LogP contribution in [0.25, 0.3) is 0 Å². The van der Waals surface area contributed by atoms with Gasteiger partial charge in [-0.15, -0.1) is 0 Å². The number of carbonyl (C=O) groups excluding carboxylic acids is 2. The highest BCUT2D eigenvalue weighted by molar-refractivity contribution is 6.13. The van der Waals surface area contributed by atoms with E-state index < -0.39 is 5.41 Å². The van der Waals surface area contributed by atoms with Crippen LogP contribution in [0, 0.1) is 5.41 Å². The van der Waals surface area contributed by atoms with E-state index in [1.54, 1.807) is 32.4 Å². The maximum absolute atomic E-state index is 12.4. The largest absolute Gasteiger partial charge is 0.481 e. The van der Waals surface area contributed by atoms with E-state index in [9.17, 15) is 9.59 Å². The van der Waals surface area contributed by atoms with Crippen molar-refractivity contribution in [1.82, 2.24) is 10.3 Å². The minimum absolute atomic E-state index is 0.196. The SMILES string of the molecule is CNC(=O)C1(C(=O)N(C)c2ccc(OC)nc2)CC1. The van der Waals surface area contributed by atoms with Crippen molar-refractivity contribution < 1.29 is 14.3 Å². The zero-order valence-corrected chi connectivity index (χ0v) is 11.3. The maximum Gasteiger partial charge on any atom is 0.242 e. The molecule has 0 saturated heterocycles. The van der Waals surface area contributed by atoms with Gasteiger partial charge in [-0.3, -0.25) is 9.59 Å². The van der Waals surface area contributed by atoms with Crippen LogP contribution >= 0.6 is 0 Å². The van der Waals surface area contributed by atoms with Gasteiger partial charge < -0.3 is 15.0 Å². The Morgan fingerprint density at radius 3 is 2.53 bits per heavy atom. The fourth-order valence-corrected chi connectivity index (χ4v) is 2.03. The van der Waals surface area contributed by atoms with E-state index in [2.05, 4.69) is 10.3 Å². The summed E-state index contributed by atoms with van der Waals surface area (Å²) in [6.07, 6.45) is 2.75. The van der Waals surface area contributed by atoms with E-state index in [1.165, 1.54) is 12.0 Å². The zero-order chi connectivity index (χ0) is 14.0. The molecule has 19 heavy (non-hydrogen) atoms. The first kappa shape index (κ1) is 13.3. The van der Waals surface area contributed by atoms with Gasteiger partial charge in [-0.1, -0.05) is 0 Å². The molecular formula is C13H17N3O3. The standard InChI is InChI=1S/C13H17N3O3/c1-14-11(17)13(6-7-13)12(18)16(2)9-4-5-10(19-3)15-8-9/h4-5,8H,6-7H2,1-3H3,(H,14,17). The van der Waals surface area contributed by atoms with Crippen LogP contribution in [0.2, 0.25) is 0 Å². The topological polar surface area (TPSA) is 71.5 Å². The van der Waals surface area contributed by atoms with E-state index in [4.69, 9.17) is 4.74 Å². The summed E-state index contributed by atoms with van der Waals surface area (Å²) < 4.78 is 4.97. The molecule has 0 aliphatic heterocycles. The Morgan fingerprint density at radius 1 is 1.42 bits per heavy atom. The monoisotopic (exact) mass is 263 g/mol. The number of aromatic nitrogens is 1. The first-order valence-corrected chi connectivity index (χ1v) is 6.05. The normalized spacial score (nSPS) is 15.5. The molecule has 6 heteroatoms. The molecule has 1 heterocycles. The van der Waals surface area contributed by atoms with Gasteiger partial charge in [0.1, 0.15) is 5.41 Å². The number of nitrogens with one attached hydrogen (secondary N) is 1. The molecule has 1 aliphatic rings. The molecule has 0 spiro atoms. The van der Waals surface area contributed by atoms with E-state index in [-0.39, 0.29) is 11.8 Å². The van der Waals surface area contributed by atoms with Crippen molar-refractivity contribution in [2.45, 2.75) is 12.8 Å². The van der Waals surface area contributed by atoms with Gasteiger partial charge in [0, 0.05) is 20.2 Å². The number of hydrogen-bond acceptors (Lipinski definition) is 4. The predicted molar refractivity (Wildman–Crippen MR) is 69.9 cm³/mol. The van der Waals surface area contributed by atoms with Crippen molar-refractivity contribution in [2.75, 3.05) is 26.1 Å². The molecule has 1 saturated carbocycles. The average molecular weight is 263 g/mol. The zero-order valence-electron chi connectivity index (χ0n) is 11.3. The van der Waals surface area contributed by atoms with Crippen LogP contribution in [0.1, 0.15) is 12.8 Å². The Bertz CT molecular complexity index is 494. The highest BCUT2D eigenvalue weighted by Gasteiger charge is 2.57. The van der Waals surface area contributed by atoms with Crippen LogP contribution in [0.15, 0.2) is 18.3 Å². The Balaban J connectivity index is 2.17. The first-order valence-electron chi connectivity index (χ1n) is 6.05. The van der Waals surface area contributed by atoms with Gasteiger partial charge >= 0.3 is 0 Å². The Morgan fingerprint density at radius 2 is 2.11 bits per heavy atom. The molecule has 0 atom stereocenters. The highest BCUT2D eigenvalue weighted by Crippen LogP contribution is 2.47. The van der Waals surface area contributed by atoms with Crippen LogP contribution in [0.4, 0.5) is 5.69 Å². The van der Waals surface area contributed by atoms with Gasteiger partial charge in [-0.05, 0) is 18.9 Å². The predicted octanol–water partition coefficient (Wildman–Crippen LogP) is 0.579. The number of pyridine rings is 1. The molecule has 2 amide bonds. The number of carbonyl (C=O) groups is 2. The van der Waals surface area contributed by atoms with E-state index in [1.807, 2.05) is 0 Å². The lowest BCUT2D eigenvalue weighted by Gasteiger charge is -2.22. The highest BCUT2D eigenvalue weighted by atomic mass is 16.5. The molecule has 2 rings (SSSR count). The molecule has 1 N–H and O–H groups in total. The van der Waals surface area contributed by atoms with Gasteiger partial charge in [-0.25, -0.2) is 4.98 Å². The molecule has 0 radical (unpaired) electrons. The fourth-order valence-electron chi connectivity index (χ4n) is 2.03. The summed E-state index contributed by atoms with van der Waals surface area (Å²) in [7, 11) is 4.72. The second kappa shape index (κ2) is 4.87. The molecule has 6 nitrogen and oxygen atoms in total. The third-order valence-electron chi connectivity index (χ3n) is 3.44. The summed E-state index contributed by atoms with van der Waals surface area (Å²) in [6, 6.07) is 3.42. The lowest BCUT2D eigenvalue weighted by molar-refractivity contribution is -0.135. The number of nitrogens with zero attached hydrogens (tertiary/aromatic N) is 2. The minimum Gasteiger partial charge on any atom is -0.481 e. The molecule has 1 aliphatic carbocycles. The first-order chi connectivity index (χ1) is 9.05. The molecular weight excluding hydrogens is 246 g/mol. The van der Waals surface area contributed by atoms with Crippen LogP contribution in [-0.2, 0) is 9.59 Å². The van der Waals surface area contributed by atoms with Crippen molar-refractivity contribution in [1.29, 1.82) is 0 Å². The summed E-state index contributed by atoms with van der Waals surface area (Å²) in [5.74, 6) is 0.0710. The van der Waals surface area contributed by atoms with Crippen LogP contribution in [-0.4, -0.2) is 38.0 Å². The maximum atomic E-state index is 12.4. The van der Waals surface area contributed by atoms with Crippen molar-refractivity contribution in [3.05, 3.63) is 18.3 Å². The van der Waals surface area contributed by atoms with E-state index in [0.29, 0.717) is 24.4 Å². The van der Waals surface area contributed by atoms with Gasteiger partial charge in [0.25, 0.3) is 0 Å². The van der Waals surface area contributed by atoms with Crippen LogP contribution in [0.5, 0.6) is 5.88 Å². The van der Waals surface area contributed by atoms with Gasteiger partial charge in [0.05, 0.1) is 19.0 Å². The quantitative estimate of drug-likeness (QED) is 0.807. The third-order valence-corrected chi connectivity index (χ3v) is 3.44. The molecule has 0 unspecified atom stereocenters. The molecule has 0 aromatic carbocycles. The molecule has 1 fully saturated rings. The number of amides is 2. The van der Waals surface area contributed by atoms with Crippen molar-refractivity contribution in [2.24, 2.45) is 5.41 Å². The summed E-state index contributed by atoms with van der Waals surface area (Å²) in [4.78, 5) is 29.7. The number of rotatable bonds is 4. The average Bonchev–Trinajstić information content (AvgIpc) is 3.26. The molecule has 1 aromatic heterocycles. The molecule has 0 bridgehead atoms. The third kappa shape index (κ3) is 2.25. The van der Waals surface area contributed by atoms with Crippen molar-refractivity contribution in [3.63, 3.8) is 0 Å². The molecule has 102 valence electrons. The number of hydrogen-bond donors (Lipinski definition) is 1. The van der Waals surface area contributed by atoms with Crippen molar-refractivity contribution >= 4 is 17.5 Å². The Labute approximate surface area is 111 Å². The summed E-state index contributed by atoms with van der Waals surface area (Å²) >= 11 is 0. The van der Waals surface area contributed by atoms with Gasteiger partial charge in [0.2, 0.25) is 17.7 Å². The van der Waals surface area contributed by atoms with Crippen molar-refractivity contribution in [3.8, 4) is 5.88 Å². The van der Waals surface area contributed by atoms with Crippen LogP contribution < -0.4 is 15.0 Å². The lowest BCUT2D eigenvalue weighted by atomic mass is 10.0. The fraction of sp³-hybridized carbons (Fsp3) is 0.462. The summed E-state index contributed by atoms with van der Waals surface area (Å²) in [5.41, 5.74) is -0.246. The second-order valence-electron chi connectivity index (χ2n) is 4.58. The summed E-state index contributed by atoms with van der Waals surface area (Å²) in [6.45, 7) is 0. The smallest absolute Gasteiger partial charge is 0.242 e. The minimum atomic E-state index is -0.885. The van der Waals surface area contributed by atoms with Gasteiger partial charge in [-0.2, -0.15) is 0 Å².